The molecule has 0 aliphatic carbocycles. The Morgan fingerprint density at radius 1 is 0.895 bits per heavy atom. The van der Waals surface area contributed by atoms with E-state index in [2.05, 4.69) is 32.3 Å². The van der Waals surface area contributed by atoms with Crippen molar-refractivity contribution in [2.45, 2.75) is 26.2 Å². The summed E-state index contributed by atoms with van der Waals surface area (Å²) < 4.78 is 1.72. The molecule has 0 spiro atoms. The quantitative estimate of drug-likeness (QED) is 0.284. The molecule has 190 valence electrons. The first-order valence-electron chi connectivity index (χ1n) is 13.0. The first kappa shape index (κ1) is 23.7. The molecule has 2 aromatic heterocycles. The SMILES string of the molecule is Cc1ccn(-c2ccc(N3CCCCC3)cc2)c(=O)c1-c1ccc2nc(Nc3cccc(N)c3)ncc2c1. The maximum Gasteiger partial charge on any atom is 0.263 e. The zero-order chi connectivity index (χ0) is 26.1. The van der Waals surface area contributed by atoms with Gasteiger partial charge in [0.05, 0.1) is 11.1 Å². The molecular weight excluding hydrogens is 472 g/mol. The number of hydrogen-bond acceptors (Lipinski definition) is 6. The van der Waals surface area contributed by atoms with Crippen LogP contribution in [0.3, 0.4) is 0 Å². The van der Waals surface area contributed by atoms with E-state index in [1.165, 1.54) is 24.9 Å². The second-order valence-corrected chi connectivity index (χ2v) is 9.83. The van der Waals surface area contributed by atoms with Gasteiger partial charge in [-0.1, -0.05) is 12.1 Å². The minimum Gasteiger partial charge on any atom is -0.399 e. The number of nitrogens with zero attached hydrogens (tertiary/aromatic N) is 4. The van der Waals surface area contributed by atoms with Crippen molar-refractivity contribution in [1.82, 2.24) is 14.5 Å². The van der Waals surface area contributed by atoms with E-state index < -0.39 is 0 Å². The number of benzene rings is 3. The zero-order valence-electron chi connectivity index (χ0n) is 21.4. The second-order valence-electron chi connectivity index (χ2n) is 9.83. The maximum absolute atomic E-state index is 13.7. The van der Waals surface area contributed by atoms with Crippen LogP contribution in [0.15, 0.2) is 90.0 Å². The van der Waals surface area contributed by atoms with E-state index in [1.807, 2.05) is 73.8 Å². The van der Waals surface area contributed by atoms with Gasteiger partial charge in [0.25, 0.3) is 5.56 Å². The van der Waals surface area contributed by atoms with Crippen molar-refractivity contribution in [1.29, 1.82) is 0 Å². The Kier molecular flexibility index (Phi) is 6.25. The molecule has 1 aliphatic heterocycles. The molecule has 1 aliphatic rings. The molecule has 1 saturated heterocycles. The number of rotatable bonds is 5. The van der Waals surface area contributed by atoms with Crippen LogP contribution in [-0.2, 0) is 0 Å². The van der Waals surface area contributed by atoms with Gasteiger partial charge in [-0.05, 0) is 98.0 Å². The number of fused-ring (bicyclic) bond motifs is 1. The molecule has 0 radical (unpaired) electrons. The van der Waals surface area contributed by atoms with E-state index in [-0.39, 0.29) is 5.56 Å². The third-order valence-corrected chi connectivity index (χ3v) is 7.16. The molecule has 1 fully saturated rings. The molecule has 0 saturated carbocycles. The van der Waals surface area contributed by atoms with Crippen molar-refractivity contribution in [2.24, 2.45) is 0 Å². The van der Waals surface area contributed by atoms with Crippen molar-refractivity contribution >= 4 is 33.9 Å². The lowest BCUT2D eigenvalue weighted by molar-refractivity contribution is 0.578. The van der Waals surface area contributed by atoms with E-state index in [1.54, 1.807) is 10.8 Å². The number of piperidine rings is 1. The number of aryl methyl sites for hydroxylation is 1. The maximum atomic E-state index is 13.7. The molecule has 38 heavy (non-hydrogen) atoms. The van der Waals surface area contributed by atoms with Gasteiger partial charge in [0.2, 0.25) is 5.95 Å². The van der Waals surface area contributed by atoms with E-state index in [9.17, 15) is 4.79 Å². The van der Waals surface area contributed by atoms with Crippen molar-refractivity contribution < 1.29 is 0 Å². The summed E-state index contributed by atoms with van der Waals surface area (Å²) in [6.07, 6.45) is 7.41. The molecule has 7 nitrogen and oxygen atoms in total. The average molecular weight is 503 g/mol. The fourth-order valence-electron chi connectivity index (χ4n) is 5.15. The van der Waals surface area contributed by atoms with E-state index >= 15 is 0 Å². The Labute approximate surface area is 221 Å². The monoisotopic (exact) mass is 502 g/mol. The van der Waals surface area contributed by atoms with Gasteiger partial charge in [0.15, 0.2) is 0 Å². The summed E-state index contributed by atoms with van der Waals surface area (Å²) in [5.74, 6) is 0.488. The Hall–Kier alpha value is -4.65. The molecule has 3 heterocycles. The zero-order valence-corrected chi connectivity index (χ0v) is 21.4. The van der Waals surface area contributed by atoms with Crippen LogP contribution in [0, 0.1) is 6.92 Å². The van der Waals surface area contributed by atoms with Crippen LogP contribution in [0.4, 0.5) is 23.0 Å². The van der Waals surface area contributed by atoms with E-state index in [0.717, 1.165) is 46.5 Å². The van der Waals surface area contributed by atoms with Crippen LogP contribution in [0.1, 0.15) is 24.8 Å². The number of anilines is 4. The van der Waals surface area contributed by atoms with Gasteiger partial charge in [-0.15, -0.1) is 0 Å². The summed E-state index contributed by atoms with van der Waals surface area (Å²) in [7, 11) is 0. The van der Waals surface area contributed by atoms with Crippen molar-refractivity contribution in [2.75, 3.05) is 29.0 Å². The lowest BCUT2D eigenvalue weighted by atomic mass is 10.0. The normalized spacial score (nSPS) is 13.6. The molecule has 6 rings (SSSR count). The van der Waals surface area contributed by atoms with Crippen molar-refractivity contribution in [3.8, 4) is 16.8 Å². The first-order chi connectivity index (χ1) is 18.5. The van der Waals surface area contributed by atoms with Gasteiger partial charge in [0.1, 0.15) is 0 Å². The van der Waals surface area contributed by atoms with Gasteiger partial charge >= 0.3 is 0 Å². The topological polar surface area (TPSA) is 89.1 Å². The van der Waals surface area contributed by atoms with Gasteiger partial charge in [-0.3, -0.25) is 9.36 Å². The van der Waals surface area contributed by atoms with Crippen LogP contribution in [0.5, 0.6) is 0 Å². The molecule has 3 N–H and O–H groups in total. The molecule has 5 aromatic rings. The second kappa shape index (κ2) is 10.0. The van der Waals surface area contributed by atoms with Crippen LogP contribution in [0.25, 0.3) is 27.7 Å². The molecule has 0 atom stereocenters. The Morgan fingerprint density at radius 2 is 1.68 bits per heavy atom. The third kappa shape index (κ3) is 4.70. The van der Waals surface area contributed by atoms with Crippen LogP contribution in [0.2, 0.25) is 0 Å². The largest absolute Gasteiger partial charge is 0.399 e. The third-order valence-electron chi connectivity index (χ3n) is 7.16. The Balaban J connectivity index is 1.31. The Bertz CT molecular complexity index is 1670. The molecule has 0 bridgehead atoms. The van der Waals surface area contributed by atoms with Crippen LogP contribution < -0.4 is 21.5 Å². The Morgan fingerprint density at radius 3 is 2.47 bits per heavy atom. The predicted molar refractivity (Wildman–Crippen MR) is 156 cm³/mol. The summed E-state index contributed by atoms with van der Waals surface area (Å²) in [6.45, 7) is 4.16. The predicted octanol–water partition coefficient (Wildman–Crippen LogP) is 6.07. The highest BCUT2D eigenvalue weighted by Gasteiger charge is 2.14. The van der Waals surface area contributed by atoms with Crippen molar-refractivity contribution in [3.05, 3.63) is 101 Å². The lowest BCUT2D eigenvalue weighted by Gasteiger charge is -2.28. The summed E-state index contributed by atoms with van der Waals surface area (Å²) >= 11 is 0. The molecule has 3 aromatic carbocycles. The van der Waals surface area contributed by atoms with Gasteiger partial charge < -0.3 is 16.0 Å². The summed E-state index contributed by atoms with van der Waals surface area (Å²) in [4.78, 5) is 25.2. The lowest BCUT2D eigenvalue weighted by Crippen LogP contribution is -2.29. The van der Waals surface area contributed by atoms with Crippen molar-refractivity contribution in [3.63, 3.8) is 0 Å². The van der Waals surface area contributed by atoms with Gasteiger partial charge in [-0.25, -0.2) is 9.97 Å². The number of aromatic nitrogens is 3. The smallest absolute Gasteiger partial charge is 0.263 e. The average Bonchev–Trinajstić information content (AvgIpc) is 2.94. The molecule has 0 unspecified atom stereocenters. The first-order valence-corrected chi connectivity index (χ1v) is 13.0. The number of pyridine rings is 1. The van der Waals surface area contributed by atoms with E-state index in [4.69, 9.17) is 5.73 Å². The molecule has 0 amide bonds. The minimum atomic E-state index is -0.0454. The molecule has 7 heteroatoms. The van der Waals surface area contributed by atoms with Crippen LogP contribution >= 0.6 is 0 Å². The number of nitrogens with one attached hydrogen (secondary N) is 1. The highest BCUT2D eigenvalue weighted by molar-refractivity contribution is 5.85. The fourth-order valence-corrected chi connectivity index (χ4v) is 5.15. The standard InChI is InChI=1S/C31H30N6O/c1-21-14-17-37(27-11-9-26(10-12-27)36-15-3-2-4-16-36)30(38)29(21)22-8-13-28-23(18-22)20-33-31(35-28)34-25-7-5-6-24(32)19-25/h5-14,17-20H,2-4,15-16,32H2,1H3,(H,33,34,35). The summed E-state index contributed by atoms with van der Waals surface area (Å²) in [5, 5.41) is 4.05. The highest BCUT2D eigenvalue weighted by Crippen LogP contribution is 2.26. The van der Waals surface area contributed by atoms with Gasteiger partial charge in [-0.2, -0.15) is 0 Å². The minimum absolute atomic E-state index is 0.0454. The fraction of sp³-hybridized carbons (Fsp3) is 0.194. The summed E-state index contributed by atoms with van der Waals surface area (Å²) in [5.41, 5.74) is 12.6. The number of nitrogen functional groups attached to an aromatic ring is 1. The number of nitrogens with two attached hydrogens (primary N) is 1. The number of hydrogen-bond donors (Lipinski definition) is 2. The highest BCUT2D eigenvalue weighted by atomic mass is 16.1. The molecular formula is C31H30N6O. The van der Waals surface area contributed by atoms with Gasteiger partial charge in [0, 0.05) is 53.6 Å². The summed E-state index contributed by atoms with van der Waals surface area (Å²) in [6, 6.07) is 23.6. The van der Waals surface area contributed by atoms with Crippen LogP contribution in [-0.4, -0.2) is 27.6 Å². The van der Waals surface area contributed by atoms with E-state index in [0.29, 0.717) is 17.2 Å².